The molecular weight excluding hydrogens is 371 g/mol. The fraction of sp³-hybridized carbons (Fsp3) is 0.333. The Hall–Kier alpha value is -2.55. The van der Waals surface area contributed by atoms with Crippen molar-refractivity contribution in [1.29, 1.82) is 0 Å². The predicted molar refractivity (Wildman–Crippen MR) is 85.4 cm³/mol. The number of ether oxygens (including phenoxy) is 2. The van der Waals surface area contributed by atoms with Gasteiger partial charge in [0.2, 0.25) is 12.6 Å². The van der Waals surface area contributed by atoms with Gasteiger partial charge in [-0.2, -0.15) is 0 Å². The molecule has 2 aromatic carbocycles. The molecule has 0 radical (unpaired) electrons. The normalized spacial score (nSPS) is 16.9. The molecule has 0 aliphatic carbocycles. The van der Waals surface area contributed by atoms with Gasteiger partial charge in [-0.1, -0.05) is 0 Å². The number of fused-ring (bicyclic) bond motifs is 1. The molecule has 0 saturated carbocycles. The molecule has 4 nitrogen and oxygen atoms in total. The van der Waals surface area contributed by atoms with Crippen LogP contribution >= 0.6 is 0 Å². The maximum absolute atomic E-state index is 14.0. The lowest BCUT2D eigenvalue weighted by atomic mass is 10.1. The van der Waals surface area contributed by atoms with Crippen molar-refractivity contribution in [3.63, 3.8) is 0 Å². The molecule has 1 fully saturated rings. The summed E-state index contributed by atoms with van der Waals surface area (Å²) < 4.78 is 78.6. The number of piperazine rings is 1. The first-order chi connectivity index (χ1) is 13.0. The van der Waals surface area contributed by atoms with Crippen LogP contribution in [0.15, 0.2) is 18.2 Å². The van der Waals surface area contributed by atoms with Gasteiger partial charge in [-0.05, 0) is 18.2 Å². The van der Waals surface area contributed by atoms with E-state index in [4.69, 9.17) is 9.47 Å². The minimum Gasteiger partial charge on any atom is -0.454 e. The van der Waals surface area contributed by atoms with Crippen LogP contribution in [-0.2, 0) is 6.54 Å². The molecule has 2 heterocycles. The van der Waals surface area contributed by atoms with Crippen LogP contribution in [0.4, 0.5) is 27.6 Å². The average Bonchev–Trinajstić information content (AvgIpc) is 3.14. The highest BCUT2D eigenvalue weighted by atomic mass is 19.2. The minimum atomic E-state index is -2.14. The number of nitrogens with one attached hydrogen (secondary N) is 1. The zero-order chi connectivity index (χ0) is 19.1. The molecule has 0 aromatic heterocycles. The molecule has 0 spiro atoms. The van der Waals surface area contributed by atoms with Crippen LogP contribution in [0.2, 0.25) is 0 Å². The third-order valence-electron chi connectivity index (χ3n) is 4.86. The van der Waals surface area contributed by atoms with E-state index in [0.717, 1.165) is 10.5 Å². The van der Waals surface area contributed by atoms with Gasteiger partial charge in [0.25, 0.3) is 0 Å². The highest BCUT2D eigenvalue weighted by Gasteiger charge is 2.31. The molecule has 0 amide bonds. The van der Waals surface area contributed by atoms with Crippen LogP contribution in [-0.4, -0.2) is 33.0 Å². The summed E-state index contributed by atoms with van der Waals surface area (Å²) in [6.07, 6.45) is 0. The monoisotopic (exact) mass is 387 g/mol. The summed E-state index contributed by atoms with van der Waals surface area (Å²) in [7, 11) is 0. The zero-order valence-corrected chi connectivity index (χ0v) is 14.1. The first-order valence-electron chi connectivity index (χ1n) is 8.44. The number of halogens is 5. The summed E-state index contributed by atoms with van der Waals surface area (Å²) in [5.41, 5.74) is 0.160. The van der Waals surface area contributed by atoms with Crippen molar-refractivity contribution >= 4 is 5.69 Å². The molecule has 144 valence electrons. The lowest BCUT2D eigenvalue weighted by Crippen LogP contribution is -3.13. The highest BCUT2D eigenvalue weighted by Crippen LogP contribution is 2.32. The van der Waals surface area contributed by atoms with Crippen molar-refractivity contribution < 1.29 is 36.3 Å². The van der Waals surface area contributed by atoms with E-state index < -0.39 is 34.8 Å². The van der Waals surface area contributed by atoms with E-state index in [1.165, 1.54) is 4.90 Å². The molecular formula is C18H16F5N2O2+. The van der Waals surface area contributed by atoms with Crippen molar-refractivity contribution in [2.75, 3.05) is 37.9 Å². The first kappa shape index (κ1) is 17.8. The molecule has 9 heteroatoms. The summed E-state index contributed by atoms with van der Waals surface area (Å²) >= 11 is 0. The summed E-state index contributed by atoms with van der Waals surface area (Å²) in [5.74, 6) is -8.19. The molecule has 2 aliphatic rings. The fourth-order valence-corrected chi connectivity index (χ4v) is 3.43. The molecule has 0 bridgehead atoms. The van der Waals surface area contributed by atoms with Gasteiger partial charge < -0.3 is 19.3 Å². The molecule has 2 aromatic rings. The van der Waals surface area contributed by atoms with Crippen LogP contribution in [0, 0.1) is 29.1 Å². The molecule has 27 heavy (non-hydrogen) atoms. The van der Waals surface area contributed by atoms with Gasteiger partial charge >= 0.3 is 0 Å². The topological polar surface area (TPSA) is 26.1 Å². The Morgan fingerprint density at radius 3 is 2.07 bits per heavy atom. The quantitative estimate of drug-likeness (QED) is 0.496. The Labute approximate surface area is 151 Å². The maximum Gasteiger partial charge on any atom is 0.231 e. The number of quaternary nitrogens is 1. The van der Waals surface area contributed by atoms with Crippen LogP contribution in [0.5, 0.6) is 11.5 Å². The first-order valence-corrected chi connectivity index (χ1v) is 8.44. The number of hydrogen-bond acceptors (Lipinski definition) is 3. The van der Waals surface area contributed by atoms with E-state index in [9.17, 15) is 22.0 Å². The van der Waals surface area contributed by atoms with Crippen molar-refractivity contribution in [1.82, 2.24) is 0 Å². The van der Waals surface area contributed by atoms with E-state index in [0.29, 0.717) is 31.1 Å². The Balaban J connectivity index is 1.45. The largest absolute Gasteiger partial charge is 0.454 e. The third-order valence-corrected chi connectivity index (χ3v) is 4.86. The van der Waals surface area contributed by atoms with Gasteiger partial charge in [0, 0.05) is 5.56 Å². The zero-order valence-electron chi connectivity index (χ0n) is 14.1. The second-order valence-corrected chi connectivity index (χ2v) is 6.52. The van der Waals surface area contributed by atoms with Gasteiger partial charge in [0.05, 0.1) is 26.2 Å². The van der Waals surface area contributed by atoms with Crippen LogP contribution in [0.1, 0.15) is 5.56 Å². The fourth-order valence-electron chi connectivity index (χ4n) is 3.43. The second-order valence-electron chi connectivity index (χ2n) is 6.52. The third kappa shape index (κ3) is 3.16. The van der Waals surface area contributed by atoms with E-state index in [2.05, 4.69) is 0 Å². The minimum absolute atomic E-state index is 0.179. The van der Waals surface area contributed by atoms with Crippen molar-refractivity contribution in [2.24, 2.45) is 0 Å². The van der Waals surface area contributed by atoms with Crippen LogP contribution < -0.4 is 19.3 Å². The number of anilines is 1. The molecule has 1 saturated heterocycles. The Morgan fingerprint density at radius 2 is 1.41 bits per heavy atom. The van der Waals surface area contributed by atoms with E-state index >= 15 is 0 Å². The average molecular weight is 387 g/mol. The lowest BCUT2D eigenvalue weighted by molar-refractivity contribution is -0.914. The van der Waals surface area contributed by atoms with Gasteiger partial charge in [-0.15, -0.1) is 0 Å². The molecule has 4 rings (SSSR count). The standard InChI is InChI=1S/C18H15F5N2O2/c19-13-14(20)16(22)18(17(23)15(13)21)25-5-3-24(4-6-25)8-10-1-2-11-12(7-10)27-9-26-11/h1-2,7H,3-6,8-9H2/p+1. The lowest BCUT2D eigenvalue weighted by Gasteiger charge is -2.34. The van der Waals surface area contributed by atoms with Gasteiger partial charge in [0.1, 0.15) is 12.2 Å². The Morgan fingerprint density at radius 1 is 0.815 bits per heavy atom. The SMILES string of the molecule is Fc1c(F)c(F)c(N2CC[NH+](Cc3ccc4c(c3)OCO4)CC2)c(F)c1F. The van der Waals surface area contributed by atoms with Crippen molar-refractivity contribution in [3.8, 4) is 11.5 Å². The van der Waals surface area contributed by atoms with E-state index in [1.807, 2.05) is 18.2 Å². The summed E-state index contributed by atoms with van der Waals surface area (Å²) in [4.78, 5) is 2.34. The second kappa shape index (κ2) is 6.88. The maximum atomic E-state index is 14.0. The number of nitrogens with zero attached hydrogens (tertiary/aromatic N) is 1. The van der Waals surface area contributed by atoms with Gasteiger partial charge in [-0.25, -0.2) is 22.0 Å². The molecule has 0 unspecified atom stereocenters. The molecule has 2 aliphatic heterocycles. The predicted octanol–water partition coefficient (Wildman–Crippen LogP) is 2.02. The molecule has 1 N–H and O–H groups in total. The Kier molecular flexibility index (Phi) is 4.55. The number of hydrogen-bond donors (Lipinski definition) is 1. The number of benzene rings is 2. The number of rotatable bonds is 3. The van der Waals surface area contributed by atoms with Crippen LogP contribution in [0.25, 0.3) is 0 Å². The Bertz CT molecular complexity index is 856. The van der Waals surface area contributed by atoms with E-state index in [1.54, 1.807) is 0 Å². The smallest absolute Gasteiger partial charge is 0.231 e. The van der Waals surface area contributed by atoms with Crippen molar-refractivity contribution in [3.05, 3.63) is 52.8 Å². The van der Waals surface area contributed by atoms with Gasteiger partial charge in [0.15, 0.2) is 34.8 Å². The van der Waals surface area contributed by atoms with E-state index in [-0.39, 0.29) is 19.9 Å². The summed E-state index contributed by atoms with van der Waals surface area (Å²) in [6, 6.07) is 5.62. The summed E-state index contributed by atoms with van der Waals surface area (Å²) in [6.45, 7) is 2.19. The highest BCUT2D eigenvalue weighted by molar-refractivity contribution is 5.50. The van der Waals surface area contributed by atoms with Crippen LogP contribution in [0.3, 0.4) is 0 Å². The van der Waals surface area contributed by atoms with Gasteiger partial charge in [-0.3, -0.25) is 0 Å². The molecule has 0 atom stereocenters. The summed E-state index contributed by atoms with van der Waals surface area (Å²) in [5, 5.41) is 0. The van der Waals surface area contributed by atoms with Crippen molar-refractivity contribution in [2.45, 2.75) is 6.54 Å².